The van der Waals surface area contributed by atoms with Crippen molar-refractivity contribution < 1.29 is 4.74 Å². The van der Waals surface area contributed by atoms with Crippen LogP contribution in [0, 0.1) is 11.3 Å². The van der Waals surface area contributed by atoms with Gasteiger partial charge in [-0.25, -0.2) is 4.98 Å². The summed E-state index contributed by atoms with van der Waals surface area (Å²) in [4.78, 5) is 4.44. The molecule has 0 atom stereocenters. The van der Waals surface area contributed by atoms with Crippen LogP contribution in [0.5, 0.6) is 5.88 Å². The van der Waals surface area contributed by atoms with E-state index in [-0.39, 0.29) is 0 Å². The molecule has 1 aromatic carbocycles. The fourth-order valence-corrected chi connectivity index (χ4v) is 1.91. The average molecular weight is 226 g/mol. The van der Waals surface area contributed by atoms with Crippen LogP contribution in [-0.2, 0) is 0 Å². The van der Waals surface area contributed by atoms with E-state index in [1.54, 1.807) is 0 Å². The van der Waals surface area contributed by atoms with Crippen molar-refractivity contribution >= 4 is 10.9 Å². The molecule has 1 heterocycles. The van der Waals surface area contributed by atoms with Crippen molar-refractivity contribution in [2.45, 2.75) is 19.8 Å². The monoisotopic (exact) mass is 226 g/mol. The van der Waals surface area contributed by atoms with Gasteiger partial charge < -0.3 is 4.74 Å². The lowest BCUT2D eigenvalue weighted by Crippen LogP contribution is -1.97. The first-order chi connectivity index (χ1) is 8.17. The summed E-state index contributed by atoms with van der Waals surface area (Å²) in [6, 6.07) is 9.95. The van der Waals surface area contributed by atoms with Gasteiger partial charge in [0.1, 0.15) is 11.6 Å². The molecule has 0 aliphatic carbocycles. The van der Waals surface area contributed by atoms with E-state index in [0.29, 0.717) is 17.4 Å². The summed E-state index contributed by atoms with van der Waals surface area (Å²) in [5, 5.41) is 10.00. The lowest BCUT2D eigenvalue weighted by molar-refractivity contribution is 0.398. The highest BCUT2D eigenvalue weighted by molar-refractivity contribution is 5.84. The highest BCUT2D eigenvalue weighted by Crippen LogP contribution is 2.27. The maximum atomic E-state index is 9.02. The van der Waals surface area contributed by atoms with Gasteiger partial charge in [-0.2, -0.15) is 5.26 Å². The number of methoxy groups -OCH3 is 1. The number of fused-ring (bicyclic) bond motifs is 1. The molecule has 0 N–H and O–H groups in total. The van der Waals surface area contributed by atoms with E-state index >= 15 is 0 Å². The molecule has 0 saturated heterocycles. The Hall–Kier alpha value is -2.08. The number of hydrogen-bond donors (Lipinski definition) is 0. The van der Waals surface area contributed by atoms with E-state index in [1.807, 2.05) is 18.2 Å². The molecule has 0 fully saturated rings. The van der Waals surface area contributed by atoms with Gasteiger partial charge in [0, 0.05) is 5.39 Å². The summed E-state index contributed by atoms with van der Waals surface area (Å²) in [7, 11) is 1.53. The van der Waals surface area contributed by atoms with Gasteiger partial charge in [-0.3, -0.25) is 0 Å². The molecule has 1 aromatic heterocycles. The van der Waals surface area contributed by atoms with Crippen LogP contribution < -0.4 is 4.74 Å². The number of ether oxygens (including phenoxy) is 1. The summed E-state index contributed by atoms with van der Waals surface area (Å²) >= 11 is 0. The maximum absolute atomic E-state index is 9.02. The highest BCUT2D eigenvalue weighted by Gasteiger charge is 2.11. The van der Waals surface area contributed by atoms with Crippen molar-refractivity contribution in [3.8, 4) is 11.9 Å². The molecule has 86 valence electrons. The maximum Gasteiger partial charge on any atom is 0.231 e. The third-order valence-electron chi connectivity index (χ3n) is 2.78. The number of pyridine rings is 1. The number of hydrogen-bond acceptors (Lipinski definition) is 3. The largest absolute Gasteiger partial charge is 0.480 e. The van der Waals surface area contributed by atoms with Crippen LogP contribution in [-0.4, -0.2) is 12.1 Å². The predicted molar refractivity (Wildman–Crippen MR) is 67.1 cm³/mol. The molecule has 0 amide bonds. The van der Waals surface area contributed by atoms with Gasteiger partial charge in [0.15, 0.2) is 0 Å². The van der Waals surface area contributed by atoms with Crippen molar-refractivity contribution in [1.29, 1.82) is 5.26 Å². The van der Waals surface area contributed by atoms with Gasteiger partial charge in [0.25, 0.3) is 0 Å². The Bertz CT molecular complexity index is 597. The van der Waals surface area contributed by atoms with Crippen molar-refractivity contribution in [3.05, 3.63) is 35.4 Å². The van der Waals surface area contributed by atoms with E-state index in [1.165, 1.54) is 12.7 Å². The van der Waals surface area contributed by atoms with Crippen LogP contribution in [0.1, 0.15) is 30.9 Å². The van der Waals surface area contributed by atoms with Crippen molar-refractivity contribution in [3.63, 3.8) is 0 Å². The minimum Gasteiger partial charge on any atom is -0.480 e. The molecule has 2 aromatic rings. The molecule has 0 spiro atoms. The average Bonchev–Trinajstić information content (AvgIpc) is 2.35. The fraction of sp³-hybridized carbons (Fsp3) is 0.286. The molecule has 0 unspecified atom stereocenters. The molecular weight excluding hydrogens is 212 g/mol. The summed E-state index contributed by atoms with van der Waals surface area (Å²) < 4.78 is 5.15. The molecular formula is C14H14N2O. The number of nitrogens with zero attached hydrogens (tertiary/aromatic N) is 2. The smallest absolute Gasteiger partial charge is 0.231 e. The minimum absolute atomic E-state index is 0.392. The van der Waals surface area contributed by atoms with Crippen LogP contribution >= 0.6 is 0 Å². The lowest BCUT2D eigenvalue weighted by Gasteiger charge is -2.10. The first kappa shape index (κ1) is 11.4. The van der Waals surface area contributed by atoms with Crippen molar-refractivity contribution in [2.24, 2.45) is 0 Å². The topological polar surface area (TPSA) is 45.9 Å². The van der Waals surface area contributed by atoms with Crippen LogP contribution in [0.2, 0.25) is 0 Å². The Balaban J connectivity index is 2.79. The fourth-order valence-electron chi connectivity index (χ4n) is 1.91. The first-order valence-corrected chi connectivity index (χ1v) is 5.55. The van der Waals surface area contributed by atoms with E-state index in [0.717, 1.165) is 10.9 Å². The first-order valence-electron chi connectivity index (χ1n) is 5.55. The third kappa shape index (κ3) is 1.94. The number of rotatable bonds is 2. The van der Waals surface area contributed by atoms with Crippen molar-refractivity contribution in [2.75, 3.05) is 7.11 Å². The summed E-state index contributed by atoms with van der Waals surface area (Å²) in [5.74, 6) is 0.789. The minimum atomic E-state index is 0.392. The van der Waals surface area contributed by atoms with Gasteiger partial charge >= 0.3 is 0 Å². The van der Waals surface area contributed by atoms with Crippen LogP contribution in [0.3, 0.4) is 0 Å². The van der Waals surface area contributed by atoms with Crippen molar-refractivity contribution in [1.82, 2.24) is 4.98 Å². The molecule has 3 nitrogen and oxygen atoms in total. The van der Waals surface area contributed by atoms with Crippen LogP contribution in [0.15, 0.2) is 24.3 Å². The van der Waals surface area contributed by atoms with E-state index in [2.05, 4.69) is 31.0 Å². The van der Waals surface area contributed by atoms with Crippen LogP contribution in [0.4, 0.5) is 0 Å². The summed E-state index contributed by atoms with van der Waals surface area (Å²) in [5.41, 5.74) is 2.56. The Morgan fingerprint density at radius 1 is 1.35 bits per heavy atom. The molecule has 0 aliphatic rings. The van der Waals surface area contributed by atoms with Gasteiger partial charge in [-0.05, 0) is 17.5 Å². The zero-order chi connectivity index (χ0) is 12.4. The quantitative estimate of drug-likeness (QED) is 0.789. The Morgan fingerprint density at radius 3 is 2.71 bits per heavy atom. The Kier molecular flexibility index (Phi) is 2.97. The van der Waals surface area contributed by atoms with Crippen LogP contribution in [0.25, 0.3) is 10.9 Å². The second kappa shape index (κ2) is 4.42. The molecule has 17 heavy (non-hydrogen) atoms. The number of nitriles is 1. The zero-order valence-corrected chi connectivity index (χ0v) is 10.2. The van der Waals surface area contributed by atoms with E-state index in [4.69, 9.17) is 10.00 Å². The standard InChI is InChI=1S/C14H14N2O/c1-9(2)12-6-4-5-10-7-11(8-15)14(17-3)16-13(10)12/h4-7,9H,1-3H3. The molecule has 3 heteroatoms. The second-order valence-corrected chi connectivity index (χ2v) is 4.23. The third-order valence-corrected chi connectivity index (χ3v) is 2.78. The summed E-state index contributed by atoms with van der Waals surface area (Å²) in [6.07, 6.45) is 0. The SMILES string of the molecule is COc1nc2c(C(C)C)cccc2cc1C#N. The lowest BCUT2D eigenvalue weighted by atomic mass is 9.99. The van der Waals surface area contributed by atoms with Gasteiger partial charge in [-0.1, -0.05) is 32.0 Å². The number of benzene rings is 1. The second-order valence-electron chi connectivity index (χ2n) is 4.23. The summed E-state index contributed by atoms with van der Waals surface area (Å²) in [6.45, 7) is 4.25. The van der Waals surface area contributed by atoms with Gasteiger partial charge in [0.05, 0.1) is 12.6 Å². The zero-order valence-electron chi connectivity index (χ0n) is 10.2. The van der Waals surface area contributed by atoms with E-state index < -0.39 is 0 Å². The van der Waals surface area contributed by atoms with Gasteiger partial charge in [-0.15, -0.1) is 0 Å². The molecule has 2 rings (SSSR count). The van der Waals surface area contributed by atoms with Gasteiger partial charge in [0.2, 0.25) is 5.88 Å². The Labute approximate surface area is 101 Å². The molecule has 0 radical (unpaired) electrons. The Morgan fingerprint density at radius 2 is 2.12 bits per heavy atom. The number of aromatic nitrogens is 1. The predicted octanol–water partition coefficient (Wildman–Crippen LogP) is 3.24. The normalized spacial score (nSPS) is 10.5. The number of para-hydroxylation sites is 1. The molecule has 0 aliphatic heterocycles. The highest BCUT2D eigenvalue weighted by atomic mass is 16.5. The molecule has 0 saturated carbocycles. The molecule has 0 bridgehead atoms. The van der Waals surface area contributed by atoms with E-state index in [9.17, 15) is 0 Å².